The number of nitrogens with zero attached hydrogens (tertiary/aromatic N) is 1. The Morgan fingerprint density at radius 3 is 2.06 bits per heavy atom. The molecular weight excluding hydrogens is 218 g/mol. The third-order valence-electron chi connectivity index (χ3n) is 4.82. The van der Waals surface area contributed by atoms with Crippen LogP contribution in [0.4, 0.5) is 0 Å². The first kappa shape index (κ1) is 10.8. The molecule has 0 radical (unpaired) electrons. The highest BCUT2D eigenvalue weighted by atomic mass is 32.2. The summed E-state index contributed by atoms with van der Waals surface area (Å²) in [7, 11) is 0. The molecule has 0 aromatic carbocycles. The first-order valence-electron chi connectivity index (χ1n) is 6.35. The molecule has 0 spiro atoms. The molecule has 3 nitrogen and oxygen atoms in total. The zero-order chi connectivity index (χ0) is 11.2. The summed E-state index contributed by atoms with van der Waals surface area (Å²) in [6.45, 7) is 0. The Labute approximate surface area is 101 Å². The molecule has 0 unspecified atom stereocenters. The van der Waals surface area contributed by atoms with E-state index in [9.17, 15) is 0 Å². The number of hydrogen-bond acceptors (Lipinski definition) is 3. The molecule has 0 atom stereocenters. The van der Waals surface area contributed by atoms with Crippen LogP contribution in [0, 0.1) is 23.2 Å². The van der Waals surface area contributed by atoms with Crippen LogP contribution < -0.4 is 11.6 Å². The lowest BCUT2D eigenvalue weighted by Gasteiger charge is -2.56. The molecule has 90 valence electrons. The van der Waals surface area contributed by atoms with Crippen molar-refractivity contribution in [3.05, 3.63) is 0 Å². The summed E-state index contributed by atoms with van der Waals surface area (Å²) in [5, 5.41) is 4.11. The number of hydrazone groups is 1. The lowest BCUT2D eigenvalue weighted by molar-refractivity contribution is -0.0380. The van der Waals surface area contributed by atoms with Crippen LogP contribution in [-0.4, -0.2) is 10.9 Å². The van der Waals surface area contributed by atoms with E-state index in [4.69, 9.17) is 11.6 Å². The molecule has 4 heteroatoms. The molecule has 0 aliphatic heterocycles. The molecule has 0 aromatic heterocycles. The van der Waals surface area contributed by atoms with Crippen LogP contribution in [0.5, 0.6) is 0 Å². The van der Waals surface area contributed by atoms with Gasteiger partial charge in [0.05, 0.1) is 0 Å². The minimum atomic E-state index is 0.552. The average Bonchev–Trinajstić information content (AvgIpc) is 2.24. The van der Waals surface area contributed by atoms with Gasteiger partial charge in [0, 0.05) is 5.75 Å². The quantitative estimate of drug-likeness (QED) is 0.336. The third kappa shape index (κ3) is 1.81. The monoisotopic (exact) mass is 239 g/mol. The summed E-state index contributed by atoms with van der Waals surface area (Å²) in [4.78, 5) is 0. The molecule has 0 amide bonds. The van der Waals surface area contributed by atoms with Crippen molar-refractivity contribution in [2.45, 2.75) is 38.5 Å². The molecule has 0 aromatic rings. The zero-order valence-corrected chi connectivity index (χ0v) is 10.5. The number of thioether (sulfide) groups is 1. The zero-order valence-electron chi connectivity index (χ0n) is 9.69. The van der Waals surface area contributed by atoms with Gasteiger partial charge in [-0.05, 0) is 61.7 Å². The van der Waals surface area contributed by atoms with Crippen molar-refractivity contribution in [1.29, 1.82) is 0 Å². The lowest BCUT2D eigenvalue weighted by Crippen LogP contribution is -2.47. The van der Waals surface area contributed by atoms with E-state index in [0.717, 1.165) is 23.5 Å². The highest BCUT2D eigenvalue weighted by Gasteiger charge is 2.50. The highest BCUT2D eigenvalue weighted by molar-refractivity contribution is 8.13. The molecule has 0 heterocycles. The van der Waals surface area contributed by atoms with Gasteiger partial charge in [-0.1, -0.05) is 11.8 Å². The van der Waals surface area contributed by atoms with Crippen LogP contribution in [0.25, 0.3) is 0 Å². The van der Waals surface area contributed by atoms with Crippen molar-refractivity contribution in [2.75, 3.05) is 5.75 Å². The summed E-state index contributed by atoms with van der Waals surface area (Å²) >= 11 is 1.67. The fraction of sp³-hybridized carbons (Fsp3) is 0.917. The van der Waals surface area contributed by atoms with Gasteiger partial charge in [-0.3, -0.25) is 0 Å². The number of nitrogens with two attached hydrogens (primary N) is 2. The second kappa shape index (κ2) is 3.83. The summed E-state index contributed by atoms with van der Waals surface area (Å²) in [6, 6.07) is 0. The first-order valence-corrected chi connectivity index (χ1v) is 7.34. The van der Waals surface area contributed by atoms with Crippen molar-refractivity contribution < 1.29 is 0 Å². The predicted molar refractivity (Wildman–Crippen MR) is 68.9 cm³/mol. The second-order valence-electron chi connectivity index (χ2n) is 6.17. The molecule has 4 bridgehead atoms. The first-order chi connectivity index (χ1) is 7.69. The number of hydrogen-bond donors (Lipinski definition) is 2. The summed E-state index contributed by atoms with van der Waals surface area (Å²) in [5.74, 6) is 9.38. The predicted octanol–water partition coefficient (Wildman–Crippen LogP) is 2.12. The Bertz CT molecular complexity index is 278. The Morgan fingerprint density at radius 1 is 1.12 bits per heavy atom. The molecular formula is C12H21N3S. The van der Waals surface area contributed by atoms with Crippen molar-refractivity contribution in [3.63, 3.8) is 0 Å². The van der Waals surface area contributed by atoms with Gasteiger partial charge >= 0.3 is 0 Å². The SMILES string of the molecule is NN=C(N)SCC12CC3CC(CC(C3)C1)C2. The van der Waals surface area contributed by atoms with Crippen LogP contribution in [0.2, 0.25) is 0 Å². The fourth-order valence-electron chi connectivity index (χ4n) is 4.73. The van der Waals surface area contributed by atoms with E-state index < -0.39 is 0 Å². The van der Waals surface area contributed by atoms with Gasteiger partial charge in [-0.15, -0.1) is 0 Å². The maximum atomic E-state index is 5.69. The molecule has 4 aliphatic carbocycles. The van der Waals surface area contributed by atoms with Gasteiger partial charge < -0.3 is 11.6 Å². The lowest BCUT2D eigenvalue weighted by atomic mass is 9.50. The van der Waals surface area contributed by atoms with Gasteiger partial charge in [-0.2, -0.15) is 5.10 Å². The molecule has 4 rings (SSSR count). The van der Waals surface area contributed by atoms with Crippen LogP contribution >= 0.6 is 11.8 Å². The molecule has 0 saturated heterocycles. The molecule has 4 fully saturated rings. The largest absolute Gasteiger partial charge is 0.377 e. The van der Waals surface area contributed by atoms with E-state index in [1.807, 2.05) is 0 Å². The van der Waals surface area contributed by atoms with E-state index >= 15 is 0 Å². The smallest absolute Gasteiger partial charge is 0.177 e. The van der Waals surface area contributed by atoms with Crippen LogP contribution in [0.15, 0.2) is 5.10 Å². The summed E-state index contributed by atoms with van der Waals surface area (Å²) < 4.78 is 0. The van der Waals surface area contributed by atoms with E-state index in [-0.39, 0.29) is 0 Å². The Morgan fingerprint density at radius 2 is 1.62 bits per heavy atom. The van der Waals surface area contributed by atoms with Gasteiger partial charge in [0.2, 0.25) is 0 Å². The summed E-state index contributed by atoms with van der Waals surface area (Å²) in [6.07, 6.45) is 8.82. The van der Waals surface area contributed by atoms with Gasteiger partial charge in [0.25, 0.3) is 0 Å². The second-order valence-corrected chi connectivity index (χ2v) is 7.17. The minimum Gasteiger partial charge on any atom is -0.377 e. The summed E-state index contributed by atoms with van der Waals surface area (Å²) in [5.41, 5.74) is 6.27. The maximum Gasteiger partial charge on any atom is 0.177 e. The van der Waals surface area contributed by atoms with Crippen LogP contribution in [0.3, 0.4) is 0 Å². The molecule has 4 saturated carbocycles. The number of rotatable bonds is 2. The number of amidine groups is 1. The van der Waals surface area contributed by atoms with E-state index in [0.29, 0.717) is 10.6 Å². The maximum absolute atomic E-state index is 5.69. The Kier molecular flexibility index (Phi) is 2.57. The molecule has 16 heavy (non-hydrogen) atoms. The van der Waals surface area contributed by atoms with Crippen molar-refractivity contribution >= 4 is 16.9 Å². The van der Waals surface area contributed by atoms with Gasteiger partial charge in [0.1, 0.15) is 0 Å². The van der Waals surface area contributed by atoms with Crippen molar-refractivity contribution in [1.82, 2.24) is 0 Å². The van der Waals surface area contributed by atoms with Crippen molar-refractivity contribution in [3.8, 4) is 0 Å². The normalized spacial score (nSPS) is 46.2. The minimum absolute atomic E-state index is 0.552. The average molecular weight is 239 g/mol. The van der Waals surface area contributed by atoms with E-state index in [1.54, 1.807) is 11.8 Å². The third-order valence-corrected chi connectivity index (χ3v) is 5.98. The highest BCUT2D eigenvalue weighted by Crippen LogP contribution is 2.60. The molecule has 4 N–H and O–H groups in total. The fourth-order valence-corrected chi connectivity index (χ4v) is 5.61. The topological polar surface area (TPSA) is 64.4 Å². The van der Waals surface area contributed by atoms with Crippen molar-refractivity contribution in [2.24, 2.45) is 39.8 Å². The van der Waals surface area contributed by atoms with Crippen LogP contribution in [-0.2, 0) is 0 Å². The molecule has 4 aliphatic rings. The Hall–Kier alpha value is -0.380. The van der Waals surface area contributed by atoms with E-state index in [1.165, 1.54) is 38.5 Å². The van der Waals surface area contributed by atoms with Gasteiger partial charge in [0.15, 0.2) is 5.17 Å². The van der Waals surface area contributed by atoms with Gasteiger partial charge in [-0.25, -0.2) is 0 Å². The standard InChI is InChI=1S/C12H21N3S/c13-11(15-14)16-7-12-4-8-1-9(5-12)3-10(2-8)6-12/h8-10H,1-7,14H2,(H2,13,15). The van der Waals surface area contributed by atoms with E-state index in [2.05, 4.69) is 5.10 Å². The van der Waals surface area contributed by atoms with Crippen LogP contribution in [0.1, 0.15) is 38.5 Å². The Balaban J connectivity index is 1.69.